The molecule has 0 saturated heterocycles. The predicted octanol–water partition coefficient (Wildman–Crippen LogP) is 4.49. The number of nitrogens with two attached hydrogens (primary N) is 1. The number of carbonyl (C=O) groups is 1. The Labute approximate surface area is 208 Å². The number of fused-ring (bicyclic) bond motifs is 2. The second-order valence-electron chi connectivity index (χ2n) is 8.30. The zero-order valence-corrected chi connectivity index (χ0v) is 19.9. The van der Waals surface area contributed by atoms with E-state index < -0.39 is 11.9 Å². The minimum Gasteiger partial charge on any atom is -0.482 e. The van der Waals surface area contributed by atoms with Crippen molar-refractivity contribution in [2.45, 2.75) is 19.8 Å². The fourth-order valence-corrected chi connectivity index (χ4v) is 4.50. The quantitative estimate of drug-likeness (QED) is 0.405. The van der Waals surface area contributed by atoms with Crippen molar-refractivity contribution in [3.8, 4) is 23.4 Å². The van der Waals surface area contributed by atoms with Gasteiger partial charge in [-0.05, 0) is 42.8 Å². The number of hydrogen-bond acceptors (Lipinski definition) is 7. The van der Waals surface area contributed by atoms with Crippen LogP contribution in [0.5, 0.6) is 11.6 Å². The zero-order valence-electron chi connectivity index (χ0n) is 19.9. The van der Waals surface area contributed by atoms with Gasteiger partial charge in [-0.3, -0.25) is 0 Å². The molecule has 2 N–H and O–H groups in total. The van der Waals surface area contributed by atoms with Crippen molar-refractivity contribution < 1.29 is 19.0 Å². The first-order valence-electron chi connectivity index (χ1n) is 11.6. The van der Waals surface area contributed by atoms with Gasteiger partial charge >= 0.3 is 5.97 Å². The van der Waals surface area contributed by atoms with E-state index in [9.17, 15) is 10.1 Å². The van der Waals surface area contributed by atoms with Gasteiger partial charge in [0.1, 0.15) is 17.4 Å². The smallest absolute Gasteiger partial charge is 0.344 e. The van der Waals surface area contributed by atoms with Crippen molar-refractivity contribution in [3.05, 3.63) is 95.0 Å². The van der Waals surface area contributed by atoms with Crippen LogP contribution in [0, 0.1) is 18.3 Å². The summed E-state index contributed by atoms with van der Waals surface area (Å²) < 4.78 is 18.5. The van der Waals surface area contributed by atoms with Crippen LogP contribution in [0.1, 0.15) is 29.7 Å². The first kappa shape index (κ1) is 23.0. The van der Waals surface area contributed by atoms with Gasteiger partial charge in [0.05, 0.1) is 29.5 Å². The number of ether oxygens (including phenoxy) is 3. The Morgan fingerprint density at radius 1 is 1.14 bits per heavy atom. The molecule has 0 bridgehead atoms. The maximum Gasteiger partial charge on any atom is 0.344 e. The largest absolute Gasteiger partial charge is 0.482 e. The van der Waals surface area contributed by atoms with E-state index in [1.54, 1.807) is 23.7 Å². The third-order valence-electron chi connectivity index (χ3n) is 6.09. The highest BCUT2D eigenvalue weighted by Gasteiger charge is 2.37. The van der Waals surface area contributed by atoms with Crippen LogP contribution < -0.4 is 15.2 Å². The van der Waals surface area contributed by atoms with E-state index in [0.29, 0.717) is 28.5 Å². The molecule has 0 unspecified atom stereocenters. The van der Waals surface area contributed by atoms with Gasteiger partial charge in [0, 0.05) is 5.56 Å². The van der Waals surface area contributed by atoms with Crippen LogP contribution in [0.15, 0.2) is 78.2 Å². The van der Waals surface area contributed by atoms with Gasteiger partial charge in [-0.25, -0.2) is 9.48 Å². The van der Waals surface area contributed by atoms with Crippen molar-refractivity contribution in [2.24, 2.45) is 5.73 Å². The van der Waals surface area contributed by atoms with Crippen LogP contribution in [0.2, 0.25) is 0 Å². The van der Waals surface area contributed by atoms with Crippen molar-refractivity contribution in [3.63, 3.8) is 0 Å². The summed E-state index contributed by atoms with van der Waals surface area (Å²) in [5.41, 5.74) is 9.38. The topological polar surface area (TPSA) is 112 Å². The Bertz CT molecular complexity index is 1550. The fourth-order valence-electron chi connectivity index (χ4n) is 4.50. The number of benzene rings is 3. The Hall–Kier alpha value is -4.77. The summed E-state index contributed by atoms with van der Waals surface area (Å²) in [5.74, 6) is -0.189. The Balaban J connectivity index is 1.63. The second kappa shape index (κ2) is 9.47. The Morgan fingerprint density at radius 2 is 1.89 bits per heavy atom. The minimum atomic E-state index is -0.591. The molecule has 1 aliphatic heterocycles. The molecular formula is C28H24N4O4. The van der Waals surface area contributed by atoms with Crippen LogP contribution >= 0.6 is 0 Å². The number of rotatable bonds is 6. The molecule has 36 heavy (non-hydrogen) atoms. The number of nitrogens with zero attached hydrogens (tertiary/aromatic N) is 3. The average Bonchev–Trinajstić information content (AvgIpc) is 3.22. The Kier molecular flexibility index (Phi) is 6.05. The summed E-state index contributed by atoms with van der Waals surface area (Å²) in [6.07, 6.45) is 0. The standard InChI is InChI=1S/C28H24N4O4/c1-3-34-24(33)16-35-23-11-7-6-10-21(23)26-22(15-29)27(30)36-28-25(26)17(2)31-32(28)20-13-12-18-8-4-5-9-19(18)14-20/h4-14,26H,3,16,30H2,1-2H3/t26-/m1/s1. The average molecular weight is 481 g/mol. The molecule has 2 heterocycles. The Morgan fingerprint density at radius 3 is 2.67 bits per heavy atom. The normalized spacial score (nSPS) is 14.6. The van der Waals surface area contributed by atoms with Crippen LogP contribution in [-0.4, -0.2) is 29.0 Å². The highest BCUT2D eigenvalue weighted by molar-refractivity contribution is 5.84. The molecule has 8 nitrogen and oxygen atoms in total. The second-order valence-corrected chi connectivity index (χ2v) is 8.30. The molecule has 1 aliphatic rings. The summed E-state index contributed by atoms with van der Waals surface area (Å²) in [6, 6.07) is 23.5. The summed E-state index contributed by atoms with van der Waals surface area (Å²) in [6.45, 7) is 3.61. The molecule has 8 heteroatoms. The monoisotopic (exact) mass is 480 g/mol. The van der Waals surface area contributed by atoms with Crippen molar-refractivity contribution >= 4 is 16.7 Å². The van der Waals surface area contributed by atoms with E-state index in [-0.39, 0.29) is 24.7 Å². The van der Waals surface area contributed by atoms with Gasteiger partial charge in [-0.15, -0.1) is 0 Å². The molecule has 0 spiro atoms. The molecule has 4 aromatic rings. The number of aryl methyl sites for hydroxylation is 1. The summed E-state index contributed by atoms with van der Waals surface area (Å²) >= 11 is 0. The molecule has 5 rings (SSSR count). The molecular weight excluding hydrogens is 456 g/mol. The third kappa shape index (κ3) is 4.01. The molecule has 1 aromatic heterocycles. The number of nitriles is 1. The molecule has 180 valence electrons. The van der Waals surface area contributed by atoms with E-state index in [1.165, 1.54) is 0 Å². The molecule has 1 atom stereocenters. The van der Waals surface area contributed by atoms with Crippen LogP contribution in [0.3, 0.4) is 0 Å². The highest BCUT2D eigenvalue weighted by Crippen LogP contribution is 2.47. The first-order valence-corrected chi connectivity index (χ1v) is 11.6. The summed E-state index contributed by atoms with van der Waals surface area (Å²) in [7, 11) is 0. The molecule has 0 amide bonds. The van der Waals surface area contributed by atoms with Crippen LogP contribution in [0.4, 0.5) is 0 Å². The number of carbonyl (C=O) groups excluding carboxylic acids is 1. The number of para-hydroxylation sites is 1. The van der Waals surface area contributed by atoms with Crippen LogP contribution in [-0.2, 0) is 9.53 Å². The van der Waals surface area contributed by atoms with Gasteiger partial charge in [-0.2, -0.15) is 10.4 Å². The van der Waals surface area contributed by atoms with E-state index in [2.05, 4.69) is 6.07 Å². The molecule has 0 radical (unpaired) electrons. The van der Waals surface area contributed by atoms with Crippen LogP contribution in [0.25, 0.3) is 16.5 Å². The van der Waals surface area contributed by atoms with Gasteiger partial charge in [0.25, 0.3) is 0 Å². The SMILES string of the molecule is CCOC(=O)COc1ccccc1[C@@H]1C(C#N)=C(N)Oc2c1c(C)nn2-c1ccc2ccccc2c1. The maximum atomic E-state index is 11.9. The fraction of sp³-hybridized carbons (Fsp3) is 0.179. The van der Waals surface area contributed by atoms with E-state index in [0.717, 1.165) is 16.5 Å². The van der Waals surface area contributed by atoms with Gasteiger partial charge in [0.2, 0.25) is 11.8 Å². The number of hydrogen-bond donors (Lipinski definition) is 1. The number of aromatic nitrogens is 2. The lowest BCUT2D eigenvalue weighted by atomic mass is 9.83. The predicted molar refractivity (Wildman–Crippen MR) is 134 cm³/mol. The van der Waals surface area contributed by atoms with E-state index in [1.807, 2.05) is 61.5 Å². The molecule has 3 aromatic carbocycles. The highest BCUT2D eigenvalue weighted by atomic mass is 16.6. The number of allylic oxidation sites excluding steroid dienone is 1. The third-order valence-corrected chi connectivity index (χ3v) is 6.09. The van der Waals surface area contributed by atoms with Gasteiger partial charge in [-0.1, -0.05) is 48.5 Å². The zero-order chi connectivity index (χ0) is 25.2. The van der Waals surface area contributed by atoms with Gasteiger partial charge in [0.15, 0.2) is 6.61 Å². The minimum absolute atomic E-state index is 0.00265. The molecule has 0 saturated carbocycles. The molecule has 0 fully saturated rings. The lowest BCUT2D eigenvalue weighted by molar-refractivity contribution is -0.145. The maximum absolute atomic E-state index is 11.9. The van der Waals surface area contributed by atoms with Crippen molar-refractivity contribution in [1.29, 1.82) is 5.26 Å². The summed E-state index contributed by atoms with van der Waals surface area (Å²) in [4.78, 5) is 11.9. The lowest BCUT2D eigenvalue weighted by Gasteiger charge is -2.26. The molecule has 0 aliphatic carbocycles. The first-order chi connectivity index (χ1) is 17.5. The van der Waals surface area contributed by atoms with Gasteiger partial charge < -0.3 is 19.9 Å². The van der Waals surface area contributed by atoms with Crippen molar-refractivity contribution in [1.82, 2.24) is 9.78 Å². The van der Waals surface area contributed by atoms with E-state index in [4.69, 9.17) is 25.0 Å². The summed E-state index contributed by atoms with van der Waals surface area (Å²) in [5, 5.41) is 16.9. The van der Waals surface area contributed by atoms with Crippen molar-refractivity contribution in [2.75, 3.05) is 13.2 Å². The lowest BCUT2D eigenvalue weighted by Crippen LogP contribution is -2.23. The number of esters is 1. The van der Waals surface area contributed by atoms with E-state index >= 15 is 0 Å².